The van der Waals surface area contributed by atoms with Gasteiger partial charge >= 0.3 is 5.97 Å². The van der Waals surface area contributed by atoms with Crippen molar-refractivity contribution in [1.82, 2.24) is 4.98 Å². The van der Waals surface area contributed by atoms with E-state index >= 15 is 0 Å². The number of carbonyl (C=O) groups excluding carboxylic acids is 1. The predicted molar refractivity (Wildman–Crippen MR) is 132 cm³/mol. The summed E-state index contributed by atoms with van der Waals surface area (Å²) in [6.07, 6.45) is 0.659. The van der Waals surface area contributed by atoms with Crippen molar-refractivity contribution in [3.05, 3.63) is 101 Å². The van der Waals surface area contributed by atoms with Gasteiger partial charge in [-0.05, 0) is 48.4 Å². The maximum atomic E-state index is 13.3. The molecule has 1 aliphatic heterocycles. The van der Waals surface area contributed by atoms with E-state index in [1.165, 1.54) is 27.8 Å². The molecular weight excluding hydrogens is 470 g/mol. The number of thiazole rings is 1. The smallest absolute Gasteiger partial charge is 0.338 e. The Bertz CT molecular complexity index is 1440. The summed E-state index contributed by atoms with van der Waals surface area (Å²) in [5.74, 6) is -0.607. The van der Waals surface area contributed by atoms with E-state index in [2.05, 4.69) is 10.3 Å². The van der Waals surface area contributed by atoms with E-state index in [1.54, 1.807) is 18.2 Å². The number of rotatable bonds is 7. The Hall–Kier alpha value is -3.69. The molecule has 0 fully saturated rings. The highest BCUT2D eigenvalue weighted by molar-refractivity contribution is 7.92. The van der Waals surface area contributed by atoms with E-state index in [1.807, 2.05) is 53.9 Å². The molecule has 0 bridgehead atoms. The largest absolute Gasteiger partial charge is 0.456 e. The number of nitrogens with zero attached hydrogens (tertiary/aromatic N) is 2. The average molecular weight is 492 g/mol. The third-order valence-electron chi connectivity index (χ3n) is 5.43. The minimum absolute atomic E-state index is 0.0116. The summed E-state index contributed by atoms with van der Waals surface area (Å²) in [4.78, 5) is 17.1. The molecule has 4 aromatic rings. The summed E-state index contributed by atoms with van der Waals surface area (Å²) in [7, 11) is -3.80. The predicted octanol–water partition coefficient (Wildman–Crippen LogP) is 5.00. The molecule has 0 spiro atoms. The molecule has 0 radical (unpaired) electrons. The molecule has 172 valence electrons. The van der Waals surface area contributed by atoms with Crippen LogP contribution in [-0.2, 0) is 27.8 Å². The van der Waals surface area contributed by atoms with Gasteiger partial charge in [0, 0.05) is 17.6 Å². The normalized spacial score (nSPS) is 12.9. The van der Waals surface area contributed by atoms with E-state index in [9.17, 15) is 13.2 Å². The fourth-order valence-electron chi connectivity index (χ4n) is 3.77. The Labute approximate surface area is 201 Å². The second-order valence-corrected chi connectivity index (χ2v) is 10.4. The minimum Gasteiger partial charge on any atom is -0.456 e. The third kappa shape index (κ3) is 4.52. The summed E-state index contributed by atoms with van der Waals surface area (Å²) < 4.78 is 33.3. The number of hydrogen-bond donors (Lipinski definition) is 1. The molecule has 3 aromatic carbocycles. The van der Waals surface area contributed by atoms with Crippen LogP contribution in [0.25, 0.3) is 0 Å². The number of esters is 1. The Morgan fingerprint density at radius 2 is 1.82 bits per heavy atom. The molecule has 1 aliphatic rings. The van der Waals surface area contributed by atoms with Gasteiger partial charge in [0.05, 0.1) is 21.8 Å². The summed E-state index contributed by atoms with van der Waals surface area (Å²) in [6, 6.07) is 23.0. The Kier molecular flexibility index (Phi) is 6.04. The minimum atomic E-state index is -3.80. The molecule has 0 atom stereocenters. The van der Waals surface area contributed by atoms with Crippen LogP contribution < -0.4 is 9.62 Å². The molecule has 0 amide bonds. The fourth-order valence-corrected chi connectivity index (χ4v) is 6.03. The lowest BCUT2D eigenvalue weighted by molar-refractivity contribution is 0.0468. The van der Waals surface area contributed by atoms with Crippen molar-refractivity contribution in [3.8, 4) is 0 Å². The van der Waals surface area contributed by atoms with Gasteiger partial charge in [0.2, 0.25) is 0 Å². The van der Waals surface area contributed by atoms with Crippen molar-refractivity contribution in [1.29, 1.82) is 0 Å². The van der Waals surface area contributed by atoms with Crippen LogP contribution in [0.4, 0.5) is 16.5 Å². The standard InChI is InChI=1S/C25H21N3O4S2/c29-24(32-16-21-17-33-25(27-21)26-20-9-2-1-3-10-20)19-8-6-11-22(15-19)34(30,31)28-14-13-18-7-4-5-12-23(18)28/h1-12,15,17H,13-14,16H2,(H,26,27). The van der Waals surface area contributed by atoms with Gasteiger partial charge in [0.25, 0.3) is 10.0 Å². The van der Waals surface area contributed by atoms with E-state index in [4.69, 9.17) is 4.74 Å². The van der Waals surface area contributed by atoms with E-state index in [0.29, 0.717) is 29.5 Å². The zero-order valence-electron chi connectivity index (χ0n) is 18.0. The maximum Gasteiger partial charge on any atom is 0.338 e. The number of anilines is 3. The number of para-hydroxylation sites is 2. The molecule has 0 unspecified atom stereocenters. The number of sulfonamides is 1. The number of benzene rings is 3. The maximum absolute atomic E-state index is 13.3. The van der Waals surface area contributed by atoms with Crippen LogP contribution in [-0.4, -0.2) is 25.9 Å². The van der Waals surface area contributed by atoms with Gasteiger partial charge in [-0.1, -0.05) is 42.5 Å². The van der Waals surface area contributed by atoms with Crippen molar-refractivity contribution in [2.75, 3.05) is 16.2 Å². The first-order valence-corrected chi connectivity index (χ1v) is 13.0. The topological polar surface area (TPSA) is 88.6 Å². The van der Waals surface area contributed by atoms with Gasteiger partial charge < -0.3 is 10.1 Å². The first-order chi connectivity index (χ1) is 16.5. The van der Waals surface area contributed by atoms with E-state index in [-0.39, 0.29) is 17.1 Å². The summed E-state index contributed by atoms with van der Waals surface area (Å²) in [5.41, 5.74) is 3.37. The highest BCUT2D eigenvalue weighted by atomic mass is 32.2. The summed E-state index contributed by atoms with van der Waals surface area (Å²) in [5, 5.41) is 5.70. The first-order valence-electron chi connectivity index (χ1n) is 10.6. The molecule has 5 rings (SSSR count). The van der Waals surface area contributed by atoms with Crippen LogP contribution in [0.1, 0.15) is 21.6 Å². The zero-order chi connectivity index (χ0) is 23.5. The monoisotopic (exact) mass is 491 g/mol. The van der Waals surface area contributed by atoms with Crippen LogP contribution in [0.5, 0.6) is 0 Å². The summed E-state index contributed by atoms with van der Waals surface area (Å²) >= 11 is 1.41. The molecular formula is C25H21N3O4S2. The van der Waals surface area contributed by atoms with Crippen LogP contribution in [0.3, 0.4) is 0 Å². The third-order valence-corrected chi connectivity index (χ3v) is 8.05. The SMILES string of the molecule is O=C(OCc1csc(Nc2ccccc2)n1)c1cccc(S(=O)(=O)N2CCc3ccccc32)c1. The summed E-state index contributed by atoms with van der Waals surface area (Å²) in [6.45, 7) is 0.363. The van der Waals surface area contributed by atoms with Crippen molar-refractivity contribution in [2.45, 2.75) is 17.9 Å². The van der Waals surface area contributed by atoms with Crippen LogP contribution in [0.2, 0.25) is 0 Å². The van der Waals surface area contributed by atoms with Gasteiger partial charge in [0.1, 0.15) is 6.61 Å². The molecule has 1 N–H and O–H groups in total. The number of fused-ring (bicyclic) bond motifs is 1. The van der Waals surface area contributed by atoms with Crippen LogP contribution in [0, 0.1) is 0 Å². The first kappa shape index (κ1) is 22.1. The Morgan fingerprint density at radius 1 is 1.03 bits per heavy atom. The Balaban J connectivity index is 1.26. The van der Waals surface area contributed by atoms with Crippen molar-refractivity contribution in [3.63, 3.8) is 0 Å². The lowest BCUT2D eigenvalue weighted by Gasteiger charge is -2.19. The van der Waals surface area contributed by atoms with Crippen molar-refractivity contribution < 1.29 is 17.9 Å². The van der Waals surface area contributed by atoms with Gasteiger partial charge in [-0.25, -0.2) is 18.2 Å². The van der Waals surface area contributed by atoms with Gasteiger partial charge in [-0.3, -0.25) is 4.31 Å². The number of hydrogen-bond acceptors (Lipinski definition) is 7. The fraction of sp³-hybridized carbons (Fsp3) is 0.120. The molecule has 1 aromatic heterocycles. The molecule has 34 heavy (non-hydrogen) atoms. The number of carbonyl (C=O) groups is 1. The van der Waals surface area contributed by atoms with Crippen LogP contribution in [0.15, 0.2) is 89.1 Å². The van der Waals surface area contributed by atoms with E-state index in [0.717, 1.165) is 11.3 Å². The highest BCUT2D eigenvalue weighted by Crippen LogP contribution is 2.33. The number of nitrogens with one attached hydrogen (secondary N) is 1. The molecule has 2 heterocycles. The second kappa shape index (κ2) is 9.28. The zero-order valence-corrected chi connectivity index (χ0v) is 19.7. The molecule has 0 saturated carbocycles. The van der Waals surface area contributed by atoms with Gasteiger partial charge in [-0.2, -0.15) is 0 Å². The molecule has 9 heteroatoms. The number of aromatic nitrogens is 1. The van der Waals surface area contributed by atoms with Crippen molar-refractivity contribution >= 4 is 43.8 Å². The molecule has 0 aliphatic carbocycles. The van der Waals surface area contributed by atoms with Crippen LogP contribution >= 0.6 is 11.3 Å². The molecule has 0 saturated heterocycles. The van der Waals surface area contributed by atoms with Gasteiger partial charge in [0.15, 0.2) is 5.13 Å². The lowest BCUT2D eigenvalue weighted by atomic mass is 10.2. The number of ether oxygens (including phenoxy) is 1. The van der Waals surface area contributed by atoms with E-state index < -0.39 is 16.0 Å². The molecule has 7 nitrogen and oxygen atoms in total. The quantitative estimate of drug-likeness (QED) is 0.366. The second-order valence-electron chi connectivity index (χ2n) is 7.69. The lowest BCUT2D eigenvalue weighted by Crippen LogP contribution is -2.29. The highest BCUT2D eigenvalue weighted by Gasteiger charge is 2.31. The van der Waals surface area contributed by atoms with Gasteiger partial charge in [-0.15, -0.1) is 11.3 Å². The average Bonchev–Trinajstić information content (AvgIpc) is 3.50. The van der Waals surface area contributed by atoms with Crippen molar-refractivity contribution in [2.24, 2.45) is 0 Å². The Morgan fingerprint density at radius 3 is 2.68 bits per heavy atom.